The van der Waals surface area contributed by atoms with E-state index in [1.165, 1.54) is 55.8 Å². The summed E-state index contributed by atoms with van der Waals surface area (Å²) in [5.41, 5.74) is 3.59. The largest absolute Gasteiger partial charge is 0.381 e. The molecule has 4 heteroatoms. The van der Waals surface area contributed by atoms with Crippen LogP contribution in [0.1, 0.15) is 36.6 Å². The molecule has 1 N–H and O–H groups in total. The van der Waals surface area contributed by atoms with Crippen molar-refractivity contribution in [3.63, 3.8) is 0 Å². The molecule has 0 saturated carbocycles. The van der Waals surface area contributed by atoms with Crippen LogP contribution in [0.15, 0.2) is 18.2 Å². The number of fused-ring (bicyclic) bond motifs is 1. The zero-order chi connectivity index (χ0) is 14.9. The van der Waals surface area contributed by atoms with Crippen LogP contribution in [0.25, 0.3) is 11.0 Å². The fourth-order valence-electron chi connectivity index (χ4n) is 3.87. The van der Waals surface area contributed by atoms with Gasteiger partial charge in [0, 0.05) is 19.1 Å². The van der Waals surface area contributed by atoms with E-state index >= 15 is 0 Å². The van der Waals surface area contributed by atoms with Gasteiger partial charge in [-0.3, -0.25) is 0 Å². The second-order valence-electron chi connectivity index (χ2n) is 6.90. The average Bonchev–Trinajstić information content (AvgIpc) is 3.18. The molecule has 0 amide bonds. The normalized spacial score (nSPS) is 24.3. The molecule has 2 aliphatic heterocycles. The molecular formula is C18H25N3O. The van der Waals surface area contributed by atoms with Crippen molar-refractivity contribution in [2.24, 2.45) is 5.92 Å². The zero-order valence-electron chi connectivity index (χ0n) is 13.3. The molecule has 22 heavy (non-hydrogen) atoms. The Balaban J connectivity index is 1.40. The van der Waals surface area contributed by atoms with Crippen molar-refractivity contribution in [1.82, 2.24) is 14.9 Å². The SMILES string of the molecule is Cc1cccc2[nH]c(C3CCN(CC4CCOC4)CC3)nc12. The number of hydrogen-bond acceptors (Lipinski definition) is 3. The minimum atomic E-state index is 0.586. The van der Waals surface area contributed by atoms with Crippen LogP contribution in [0.5, 0.6) is 0 Å². The van der Waals surface area contributed by atoms with E-state index in [2.05, 4.69) is 35.0 Å². The predicted molar refractivity (Wildman–Crippen MR) is 88.2 cm³/mol. The van der Waals surface area contributed by atoms with Crippen molar-refractivity contribution in [2.45, 2.75) is 32.1 Å². The lowest BCUT2D eigenvalue weighted by atomic mass is 9.95. The van der Waals surface area contributed by atoms with Gasteiger partial charge >= 0.3 is 0 Å². The number of benzene rings is 1. The van der Waals surface area contributed by atoms with Gasteiger partial charge in [-0.2, -0.15) is 0 Å². The monoisotopic (exact) mass is 299 g/mol. The third kappa shape index (κ3) is 2.77. The summed E-state index contributed by atoms with van der Waals surface area (Å²) in [6.45, 7) is 7.65. The molecule has 4 nitrogen and oxygen atoms in total. The number of nitrogens with one attached hydrogen (secondary N) is 1. The van der Waals surface area contributed by atoms with Gasteiger partial charge in [-0.05, 0) is 56.8 Å². The molecule has 4 rings (SSSR count). The number of imidazole rings is 1. The van der Waals surface area contributed by atoms with Crippen LogP contribution >= 0.6 is 0 Å². The highest BCUT2D eigenvalue weighted by Gasteiger charge is 2.26. The fourth-order valence-corrected chi connectivity index (χ4v) is 3.87. The van der Waals surface area contributed by atoms with Crippen molar-refractivity contribution in [3.05, 3.63) is 29.6 Å². The second kappa shape index (κ2) is 6.01. The van der Waals surface area contributed by atoms with E-state index in [1.807, 2.05) is 0 Å². The Bertz CT molecular complexity index is 637. The maximum absolute atomic E-state index is 5.49. The van der Waals surface area contributed by atoms with Gasteiger partial charge in [-0.1, -0.05) is 12.1 Å². The molecule has 0 radical (unpaired) electrons. The van der Waals surface area contributed by atoms with Crippen LogP contribution < -0.4 is 0 Å². The number of nitrogens with zero attached hydrogens (tertiary/aromatic N) is 2. The number of aromatic amines is 1. The first-order valence-corrected chi connectivity index (χ1v) is 8.55. The molecule has 2 fully saturated rings. The first-order valence-electron chi connectivity index (χ1n) is 8.55. The third-order valence-corrected chi connectivity index (χ3v) is 5.25. The standard InChI is InChI=1S/C18H25N3O/c1-13-3-2-4-16-17(13)20-18(19-16)15-5-8-21(9-6-15)11-14-7-10-22-12-14/h2-4,14-15H,5-12H2,1H3,(H,19,20). The van der Waals surface area contributed by atoms with E-state index in [9.17, 15) is 0 Å². The summed E-state index contributed by atoms with van der Waals surface area (Å²) >= 11 is 0. The highest BCUT2D eigenvalue weighted by Crippen LogP contribution is 2.29. The molecule has 2 aliphatic rings. The lowest BCUT2D eigenvalue weighted by Crippen LogP contribution is -2.36. The van der Waals surface area contributed by atoms with Crippen molar-refractivity contribution < 1.29 is 4.74 Å². The van der Waals surface area contributed by atoms with Crippen LogP contribution in [0.4, 0.5) is 0 Å². The van der Waals surface area contributed by atoms with Crippen molar-refractivity contribution in [2.75, 3.05) is 32.8 Å². The predicted octanol–water partition coefficient (Wildman–Crippen LogP) is 3.09. The highest BCUT2D eigenvalue weighted by molar-refractivity contribution is 5.78. The van der Waals surface area contributed by atoms with E-state index in [4.69, 9.17) is 9.72 Å². The number of aromatic nitrogens is 2. The Kier molecular flexibility index (Phi) is 3.89. The van der Waals surface area contributed by atoms with Gasteiger partial charge in [0.05, 0.1) is 17.6 Å². The molecule has 1 aromatic carbocycles. The van der Waals surface area contributed by atoms with Gasteiger partial charge in [0.15, 0.2) is 0 Å². The number of piperidine rings is 1. The summed E-state index contributed by atoms with van der Waals surface area (Å²) in [6, 6.07) is 6.37. The van der Waals surface area contributed by atoms with E-state index in [0.29, 0.717) is 5.92 Å². The molecule has 0 aliphatic carbocycles. The number of para-hydroxylation sites is 1. The number of aryl methyl sites for hydroxylation is 1. The van der Waals surface area contributed by atoms with Gasteiger partial charge in [-0.25, -0.2) is 4.98 Å². The van der Waals surface area contributed by atoms with E-state index in [0.717, 1.165) is 24.6 Å². The zero-order valence-corrected chi connectivity index (χ0v) is 13.3. The molecule has 1 unspecified atom stereocenters. The molecular weight excluding hydrogens is 274 g/mol. The number of rotatable bonds is 3. The van der Waals surface area contributed by atoms with Crippen molar-refractivity contribution in [1.29, 1.82) is 0 Å². The van der Waals surface area contributed by atoms with Crippen LogP contribution in [0.2, 0.25) is 0 Å². The van der Waals surface area contributed by atoms with E-state index in [1.54, 1.807) is 0 Å². The Morgan fingerprint density at radius 3 is 2.86 bits per heavy atom. The smallest absolute Gasteiger partial charge is 0.110 e. The molecule has 2 saturated heterocycles. The minimum Gasteiger partial charge on any atom is -0.381 e. The topological polar surface area (TPSA) is 41.2 Å². The average molecular weight is 299 g/mol. The third-order valence-electron chi connectivity index (χ3n) is 5.25. The summed E-state index contributed by atoms with van der Waals surface area (Å²) < 4.78 is 5.49. The summed E-state index contributed by atoms with van der Waals surface area (Å²) in [7, 11) is 0. The van der Waals surface area contributed by atoms with E-state index in [-0.39, 0.29) is 0 Å². The molecule has 3 heterocycles. The van der Waals surface area contributed by atoms with Crippen LogP contribution in [0.3, 0.4) is 0 Å². The van der Waals surface area contributed by atoms with E-state index < -0.39 is 0 Å². The number of likely N-dealkylation sites (tertiary alicyclic amines) is 1. The maximum atomic E-state index is 5.49. The lowest BCUT2D eigenvalue weighted by Gasteiger charge is -2.32. The van der Waals surface area contributed by atoms with Crippen molar-refractivity contribution >= 4 is 11.0 Å². The number of H-pyrrole nitrogens is 1. The van der Waals surface area contributed by atoms with Crippen molar-refractivity contribution in [3.8, 4) is 0 Å². The lowest BCUT2D eigenvalue weighted by molar-refractivity contribution is 0.151. The first kappa shape index (κ1) is 14.2. The van der Waals surface area contributed by atoms with Crippen LogP contribution in [-0.2, 0) is 4.74 Å². The molecule has 2 aromatic rings. The van der Waals surface area contributed by atoms with Gasteiger partial charge in [0.2, 0.25) is 0 Å². The number of ether oxygens (including phenoxy) is 1. The summed E-state index contributed by atoms with van der Waals surface area (Å²) in [5, 5.41) is 0. The Labute approximate surface area is 131 Å². The van der Waals surface area contributed by atoms with Gasteiger partial charge in [0.1, 0.15) is 5.82 Å². The summed E-state index contributed by atoms with van der Waals surface area (Å²) in [5.74, 6) is 2.53. The Morgan fingerprint density at radius 1 is 1.27 bits per heavy atom. The minimum absolute atomic E-state index is 0.586. The first-order chi connectivity index (χ1) is 10.8. The molecule has 1 aromatic heterocycles. The molecule has 1 atom stereocenters. The second-order valence-corrected chi connectivity index (χ2v) is 6.90. The highest BCUT2D eigenvalue weighted by atomic mass is 16.5. The fraction of sp³-hybridized carbons (Fsp3) is 0.611. The Hall–Kier alpha value is -1.39. The number of hydrogen-bond donors (Lipinski definition) is 1. The van der Waals surface area contributed by atoms with Gasteiger partial charge in [0.25, 0.3) is 0 Å². The molecule has 118 valence electrons. The van der Waals surface area contributed by atoms with Crippen LogP contribution in [-0.4, -0.2) is 47.7 Å². The quantitative estimate of drug-likeness (QED) is 0.947. The van der Waals surface area contributed by atoms with Gasteiger partial charge < -0.3 is 14.6 Å². The molecule has 0 spiro atoms. The van der Waals surface area contributed by atoms with Gasteiger partial charge in [-0.15, -0.1) is 0 Å². The summed E-state index contributed by atoms with van der Waals surface area (Å²) in [4.78, 5) is 11.0. The Morgan fingerprint density at radius 2 is 2.14 bits per heavy atom. The maximum Gasteiger partial charge on any atom is 0.110 e. The summed E-state index contributed by atoms with van der Waals surface area (Å²) in [6.07, 6.45) is 3.67. The molecule has 0 bridgehead atoms. The van der Waals surface area contributed by atoms with Crippen LogP contribution in [0, 0.1) is 12.8 Å².